The van der Waals surface area contributed by atoms with Crippen LogP contribution in [0.1, 0.15) is 41.6 Å². The molecular weight excluding hydrogens is 438 g/mol. The minimum Gasteiger partial charge on any atom is -0.497 e. The number of H-pyrrole nitrogens is 1. The van der Waals surface area contributed by atoms with Gasteiger partial charge in [0.2, 0.25) is 0 Å². The van der Waals surface area contributed by atoms with E-state index >= 15 is 0 Å². The van der Waals surface area contributed by atoms with Crippen LogP contribution in [0.4, 0.5) is 5.69 Å². The Balaban J connectivity index is 1.64. The van der Waals surface area contributed by atoms with Crippen molar-refractivity contribution in [1.29, 1.82) is 0 Å². The van der Waals surface area contributed by atoms with Crippen LogP contribution < -0.4 is 15.6 Å². The summed E-state index contributed by atoms with van der Waals surface area (Å²) in [5.41, 5.74) is 2.19. The fourth-order valence-corrected chi connectivity index (χ4v) is 4.63. The lowest BCUT2D eigenvalue weighted by atomic mass is 10.1. The number of nitrogens with one attached hydrogen (secondary N) is 2. The first kappa shape index (κ1) is 22.8. The number of para-hydroxylation sites is 1. The van der Waals surface area contributed by atoms with E-state index in [0.717, 1.165) is 36.6 Å². The molecule has 1 aliphatic rings. The van der Waals surface area contributed by atoms with Crippen LogP contribution >= 0.6 is 12.2 Å². The summed E-state index contributed by atoms with van der Waals surface area (Å²) in [5.74, 6) is 0.253. The molecule has 0 aliphatic heterocycles. The van der Waals surface area contributed by atoms with Crippen LogP contribution in [0.25, 0.3) is 10.9 Å². The van der Waals surface area contributed by atoms with Crippen LogP contribution in [0.15, 0.2) is 53.3 Å². The topological polar surface area (TPSA) is 83.7 Å². The Labute approximate surface area is 197 Å². The molecular formula is C25H27N3O4S. The Bertz CT molecular complexity index is 1230. The van der Waals surface area contributed by atoms with E-state index in [9.17, 15) is 9.59 Å². The highest BCUT2D eigenvalue weighted by Gasteiger charge is 2.26. The molecule has 3 aromatic rings. The molecule has 0 bridgehead atoms. The van der Waals surface area contributed by atoms with Crippen molar-refractivity contribution in [3.05, 3.63) is 70.0 Å². The summed E-state index contributed by atoms with van der Waals surface area (Å²) in [4.78, 5) is 30.1. The first-order valence-corrected chi connectivity index (χ1v) is 11.4. The first-order chi connectivity index (χ1) is 16.0. The SMILES string of the molecule is COC(=O)c1ccccc1NC(=S)N(Cc1cc2ccc(OC)cc2[nH]c1=O)C1CCCC1. The van der Waals surface area contributed by atoms with Gasteiger partial charge in [-0.25, -0.2) is 4.79 Å². The maximum Gasteiger partial charge on any atom is 0.339 e. The number of methoxy groups -OCH3 is 2. The van der Waals surface area contributed by atoms with E-state index < -0.39 is 5.97 Å². The highest BCUT2D eigenvalue weighted by Crippen LogP contribution is 2.27. The second-order valence-electron chi connectivity index (χ2n) is 8.11. The third kappa shape index (κ3) is 5.01. The van der Waals surface area contributed by atoms with E-state index in [4.69, 9.17) is 21.7 Å². The molecule has 2 N–H and O–H groups in total. The molecule has 0 atom stereocenters. The average molecular weight is 466 g/mol. The van der Waals surface area contributed by atoms with Crippen molar-refractivity contribution >= 4 is 39.9 Å². The lowest BCUT2D eigenvalue weighted by molar-refractivity contribution is 0.0602. The third-order valence-electron chi connectivity index (χ3n) is 6.07. The summed E-state index contributed by atoms with van der Waals surface area (Å²) in [6.45, 7) is 0.369. The molecule has 1 heterocycles. The number of aromatic nitrogens is 1. The van der Waals surface area contributed by atoms with Gasteiger partial charge in [0.15, 0.2) is 5.11 Å². The number of pyridine rings is 1. The van der Waals surface area contributed by atoms with Crippen LogP contribution in [-0.2, 0) is 11.3 Å². The highest BCUT2D eigenvalue weighted by atomic mass is 32.1. The Morgan fingerprint density at radius 2 is 1.91 bits per heavy atom. The van der Waals surface area contributed by atoms with E-state index in [0.29, 0.717) is 34.2 Å². The fraction of sp³-hybridized carbons (Fsp3) is 0.320. The van der Waals surface area contributed by atoms with Crippen molar-refractivity contribution in [2.24, 2.45) is 0 Å². The van der Waals surface area contributed by atoms with Crippen molar-refractivity contribution in [3.8, 4) is 5.75 Å². The molecule has 7 nitrogen and oxygen atoms in total. The average Bonchev–Trinajstić information content (AvgIpc) is 3.36. The first-order valence-electron chi connectivity index (χ1n) is 10.9. The molecule has 1 saturated carbocycles. The number of nitrogens with zero attached hydrogens (tertiary/aromatic N) is 1. The number of carbonyl (C=O) groups is 1. The largest absolute Gasteiger partial charge is 0.497 e. The number of fused-ring (bicyclic) bond motifs is 1. The van der Waals surface area contributed by atoms with E-state index in [1.807, 2.05) is 30.3 Å². The van der Waals surface area contributed by atoms with Crippen molar-refractivity contribution < 1.29 is 14.3 Å². The Kier molecular flexibility index (Phi) is 6.93. The molecule has 8 heteroatoms. The van der Waals surface area contributed by atoms with Crippen LogP contribution in [0, 0.1) is 0 Å². The lowest BCUT2D eigenvalue weighted by Gasteiger charge is -2.32. The molecule has 0 amide bonds. The molecule has 0 radical (unpaired) electrons. The number of hydrogen-bond donors (Lipinski definition) is 2. The minimum atomic E-state index is -0.435. The normalized spacial score (nSPS) is 13.6. The number of anilines is 1. The third-order valence-corrected chi connectivity index (χ3v) is 6.41. The number of esters is 1. The smallest absolute Gasteiger partial charge is 0.339 e. The maximum absolute atomic E-state index is 12.9. The second-order valence-corrected chi connectivity index (χ2v) is 8.50. The molecule has 0 unspecified atom stereocenters. The van der Waals surface area contributed by atoms with Gasteiger partial charge in [-0.1, -0.05) is 25.0 Å². The Morgan fingerprint density at radius 1 is 1.15 bits per heavy atom. The van der Waals surface area contributed by atoms with E-state index in [1.54, 1.807) is 25.3 Å². The van der Waals surface area contributed by atoms with Crippen molar-refractivity contribution in [2.45, 2.75) is 38.3 Å². The van der Waals surface area contributed by atoms with Crippen molar-refractivity contribution in [2.75, 3.05) is 19.5 Å². The standard InChI is InChI=1S/C25H27N3O4S/c1-31-19-12-11-16-13-17(23(29)26-22(16)14-19)15-28(18-7-3-4-8-18)25(33)27-21-10-6-5-9-20(21)24(30)32-2/h5-6,9-14,18H,3-4,7-8,15H2,1-2H3,(H,26,29)(H,27,33). The lowest BCUT2D eigenvalue weighted by Crippen LogP contribution is -2.42. The van der Waals surface area contributed by atoms with Gasteiger partial charge in [-0.15, -0.1) is 0 Å². The van der Waals surface area contributed by atoms with Crippen LogP contribution in [-0.4, -0.2) is 41.2 Å². The van der Waals surface area contributed by atoms with Gasteiger partial charge in [-0.2, -0.15) is 0 Å². The zero-order chi connectivity index (χ0) is 23.4. The number of carbonyl (C=O) groups excluding carboxylic acids is 1. The van der Waals surface area contributed by atoms with Gasteiger partial charge in [0.25, 0.3) is 5.56 Å². The predicted octanol–water partition coefficient (Wildman–Crippen LogP) is 4.46. The predicted molar refractivity (Wildman–Crippen MR) is 133 cm³/mol. The summed E-state index contributed by atoms with van der Waals surface area (Å²) < 4.78 is 10.2. The molecule has 172 valence electrons. The fourth-order valence-electron chi connectivity index (χ4n) is 4.30. The van der Waals surface area contributed by atoms with E-state index in [-0.39, 0.29) is 11.6 Å². The van der Waals surface area contributed by atoms with Crippen LogP contribution in [0.2, 0.25) is 0 Å². The van der Waals surface area contributed by atoms with Gasteiger partial charge in [0.05, 0.1) is 37.5 Å². The molecule has 1 aromatic heterocycles. The quantitative estimate of drug-likeness (QED) is 0.411. The monoisotopic (exact) mass is 465 g/mol. The molecule has 4 rings (SSSR count). The zero-order valence-electron chi connectivity index (χ0n) is 18.7. The summed E-state index contributed by atoms with van der Waals surface area (Å²) in [6, 6.07) is 14.8. The molecule has 2 aromatic carbocycles. The van der Waals surface area contributed by atoms with Crippen LogP contribution in [0.3, 0.4) is 0 Å². The minimum absolute atomic E-state index is 0.156. The highest BCUT2D eigenvalue weighted by molar-refractivity contribution is 7.80. The summed E-state index contributed by atoms with van der Waals surface area (Å²) in [5, 5.41) is 4.62. The van der Waals surface area contributed by atoms with Gasteiger partial charge in [-0.3, -0.25) is 4.79 Å². The van der Waals surface area contributed by atoms with Crippen molar-refractivity contribution in [3.63, 3.8) is 0 Å². The summed E-state index contributed by atoms with van der Waals surface area (Å²) >= 11 is 5.78. The molecule has 33 heavy (non-hydrogen) atoms. The number of benzene rings is 2. The number of thiocarbonyl (C=S) groups is 1. The molecule has 1 aliphatic carbocycles. The summed E-state index contributed by atoms with van der Waals surface area (Å²) in [7, 11) is 2.95. The number of aromatic amines is 1. The van der Waals surface area contributed by atoms with Gasteiger partial charge in [0, 0.05) is 17.7 Å². The molecule has 0 spiro atoms. The Morgan fingerprint density at radius 3 is 2.64 bits per heavy atom. The van der Waals surface area contributed by atoms with E-state index in [1.165, 1.54) is 7.11 Å². The van der Waals surface area contributed by atoms with Gasteiger partial charge >= 0.3 is 5.97 Å². The molecule has 0 saturated heterocycles. The maximum atomic E-state index is 12.9. The van der Waals surface area contributed by atoms with Gasteiger partial charge in [-0.05, 0) is 60.8 Å². The van der Waals surface area contributed by atoms with Crippen LogP contribution in [0.5, 0.6) is 5.75 Å². The Hall–Kier alpha value is -3.39. The summed E-state index contributed by atoms with van der Waals surface area (Å²) in [6.07, 6.45) is 4.25. The number of hydrogen-bond acceptors (Lipinski definition) is 5. The van der Waals surface area contributed by atoms with Crippen molar-refractivity contribution in [1.82, 2.24) is 9.88 Å². The van der Waals surface area contributed by atoms with Gasteiger partial charge in [0.1, 0.15) is 5.75 Å². The zero-order valence-corrected chi connectivity index (χ0v) is 19.5. The molecule has 1 fully saturated rings. The second kappa shape index (κ2) is 10.0. The van der Waals surface area contributed by atoms with E-state index in [2.05, 4.69) is 15.2 Å². The number of ether oxygens (including phenoxy) is 2. The number of rotatable bonds is 6. The van der Waals surface area contributed by atoms with Gasteiger partial charge < -0.3 is 24.7 Å².